The van der Waals surface area contributed by atoms with Crippen molar-refractivity contribution < 1.29 is 9.53 Å². The number of aryl methyl sites for hydroxylation is 1. The molecule has 4 heteroatoms. The highest BCUT2D eigenvalue weighted by Gasteiger charge is 2.08. The lowest BCUT2D eigenvalue weighted by atomic mass is 10.1. The van der Waals surface area contributed by atoms with Crippen LogP contribution in [-0.2, 0) is 4.74 Å². The van der Waals surface area contributed by atoms with Gasteiger partial charge in [-0.25, -0.2) is 0 Å². The van der Waals surface area contributed by atoms with Crippen molar-refractivity contribution in [2.45, 2.75) is 26.9 Å². The molecule has 0 bridgehead atoms. The Morgan fingerprint density at radius 1 is 1.44 bits per heavy atom. The van der Waals surface area contributed by atoms with E-state index in [1.807, 2.05) is 46.0 Å². The standard InChI is InChI=1S/C14H22N2O2/c1-5-18-11(3)9-16-14(17)12-6-7-13(15-4)10(2)8-12/h6-8,11,15H,5,9H2,1-4H3,(H,16,17). The quantitative estimate of drug-likeness (QED) is 0.813. The summed E-state index contributed by atoms with van der Waals surface area (Å²) in [5, 5.41) is 5.94. The van der Waals surface area contributed by atoms with Gasteiger partial charge in [-0.05, 0) is 44.5 Å². The summed E-state index contributed by atoms with van der Waals surface area (Å²) in [6, 6.07) is 5.61. The van der Waals surface area contributed by atoms with Crippen molar-refractivity contribution in [2.24, 2.45) is 0 Å². The fourth-order valence-electron chi connectivity index (χ4n) is 1.77. The number of benzene rings is 1. The predicted octanol–water partition coefficient (Wildman–Crippen LogP) is 2.19. The maximum Gasteiger partial charge on any atom is 0.251 e. The fraction of sp³-hybridized carbons (Fsp3) is 0.500. The van der Waals surface area contributed by atoms with Crippen LogP contribution in [0.3, 0.4) is 0 Å². The minimum Gasteiger partial charge on any atom is -0.388 e. The van der Waals surface area contributed by atoms with E-state index < -0.39 is 0 Å². The Hall–Kier alpha value is -1.55. The average molecular weight is 250 g/mol. The summed E-state index contributed by atoms with van der Waals surface area (Å²) in [6.45, 7) is 7.05. The molecule has 0 aliphatic rings. The second-order valence-electron chi connectivity index (χ2n) is 4.26. The highest BCUT2D eigenvalue weighted by molar-refractivity contribution is 5.94. The molecule has 0 radical (unpaired) electrons. The number of anilines is 1. The molecule has 0 saturated carbocycles. The van der Waals surface area contributed by atoms with E-state index in [4.69, 9.17) is 4.74 Å². The van der Waals surface area contributed by atoms with Crippen LogP contribution in [0.2, 0.25) is 0 Å². The van der Waals surface area contributed by atoms with Crippen LogP contribution in [0, 0.1) is 6.92 Å². The van der Waals surface area contributed by atoms with Gasteiger partial charge in [-0.1, -0.05) is 0 Å². The van der Waals surface area contributed by atoms with Gasteiger partial charge in [-0.3, -0.25) is 4.79 Å². The summed E-state index contributed by atoms with van der Waals surface area (Å²) in [5.74, 6) is -0.0627. The molecule has 0 fully saturated rings. The number of carbonyl (C=O) groups is 1. The van der Waals surface area contributed by atoms with Crippen molar-refractivity contribution >= 4 is 11.6 Å². The lowest BCUT2D eigenvalue weighted by molar-refractivity contribution is 0.0695. The molecule has 0 saturated heterocycles. The monoisotopic (exact) mass is 250 g/mol. The third kappa shape index (κ3) is 4.04. The summed E-state index contributed by atoms with van der Waals surface area (Å²) >= 11 is 0. The first-order chi connectivity index (χ1) is 8.58. The molecular formula is C14H22N2O2. The van der Waals surface area contributed by atoms with E-state index in [1.54, 1.807) is 0 Å². The molecule has 100 valence electrons. The summed E-state index contributed by atoms with van der Waals surface area (Å²) in [6.07, 6.45) is 0.0385. The number of rotatable bonds is 6. The molecule has 1 aromatic rings. The smallest absolute Gasteiger partial charge is 0.251 e. The van der Waals surface area contributed by atoms with Gasteiger partial charge < -0.3 is 15.4 Å². The van der Waals surface area contributed by atoms with E-state index in [1.165, 1.54) is 0 Å². The summed E-state index contributed by atoms with van der Waals surface area (Å²) in [5.41, 5.74) is 2.77. The largest absolute Gasteiger partial charge is 0.388 e. The number of hydrogen-bond acceptors (Lipinski definition) is 3. The molecular weight excluding hydrogens is 228 g/mol. The van der Waals surface area contributed by atoms with E-state index >= 15 is 0 Å². The molecule has 1 rings (SSSR count). The SMILES string of the molecule is CCOC(C)CNC(=O)c1ccc(NC)c(C)c1. The highest BCUT2D eigenvalue weighted by Crippen LogP contribution is 2.15. The third-order valence-corrected chi connectivity index (χ3v) is 2.76. The zero-order valence-corrected chi connectivity index (χ0v) is 11.5. The fourth-order valence-corrected chi connectivity index (χ4v) is 1.77. The predicted molar refractivity (Wildman–Crippen MR) is 74.1 cm³/mol. The van der Waals surface area contributed by atoms with Crippen LogP contribution in [0.5, 0.6) is 0 Å². The van der Waals surface area contributed by atoms with Crippen molar-refractivity contribution in [3.63, 3.8) is 0 Å². The second-order valence-corrected chi connectivity index (χ2v) is 4.26. The van der Waals surface area contributed by atoms with Crippen LogP contribution >= 0.6 is 0 Å². The van der Waals surface area contributed by atoms with E-state index in [9.17, 15) is 4.79 Å². The van der Waals surface area contributed by atoms with Crippen molar-refractivity contribution in [2.75, 3.05) is 25.5 Å². The van der Waals surface area contributed by atoms with Crippen molar-refractivity contribution in [3.8, 4) is 0 Å². The zero-order valence-electron chi connectivity index (χ0n) is 11.5. The number of amides is 1. The Balaban J connectivity index is 2.59. The van der Waals surface area contributed by atoms with E-state index in [0.717, 1.165) is 11.3 Å². The normalized spacial score (nSPS) is 12.0. The molecule has 0 aromatic heterocycles. The molecule has 18 heavy (non-hydrogen) atoms. The number of ether oxygens (including phenoxy) is 1. The van der Waals surface area contributed by atoms with Gasteiger partial charge in [0.2, 0.25) is 0 Å². The van der Waals surface area contributed by atoms with E-state index in [-0.39, 0.29) is 12.0 Å². The number of hydrogen-bond donors (Lipinski definition) is 2. The van der Waals surface area contributed by atoms with Crippen LogP contribution in [0.25, 0.3) is 0 Å². The van der Waals surface area contributed by atoms with Crippen LogP contribution in [0.15, 0.2) is 18.2 Å². The summed E-state index contributed by atoms with van der Waals surface area (Å²) < 4.78 is 5.36. The average Bonchev–Trinajstić information content (AvgIpc) is 2.36. The highest BCUT2D eigenvalue weighted by atomic mass is 16.5. The van der Waals surface area contributed by atoms with Crippen LogP contribution in [-0.4, -0.2) is 32.2 Å². The molecule has 1 atom stereocenters. The van der Waals surface area contributed by atoms with Gasteiger partial charge in [0.25, 0.3) is 5.91 Å². The van der Waals surface area contributed by atoms with Gasteiger partial charge in [-0.2, -0.15) is 0 Å². The molecule has 2 N–H and O–H groups in total. The third-order valence-electron chi connectivity index (χ3n) is 2.76. The van der Waals surface area contributed by atoms with Crippen LogP contribution < -0.4 is 10.6 Å². The minimum atomic E-state index is -0.0627. The van der Waals surface area contributed by atoms with Gasteiger partial charge in [0, 0.05) is 31.5 Å². The molecule has 1 amide bonds. The first kappa shape index (κ1) is 14.5. The number of carbonyl (C=O) groups excluding carboxylic acids is 1. The second kappa shape index (κ2) is 7.01. The van der Waals surface area contributed by atoms with Gasteiger partial charge in [0.1, 0.15) is 0 Å². The molecule has 0 aliphatic heterocycles. The molecule has 0 heterocycles. The Morgan fingerprint density at radius 2 is 2.17 bits per heavy atom. The van der Waals surface area contributed by atoms with E-state index in [2.05, 4.69) is 10.6 Å². The first-order valence-electron chi connectivity index (χ1n) is 6.26. The van der Waals surface area contributed by atoms with Crippen molar-refractivity contribution in [1.82, 2.24) is 5.32 Å². The lowest BCUT2D eigenvalue weighted by Crippen LogP contribution is -2.32. The van der Waals surface area contributed by atoms with Gasteiger partial charge in [0.05, 0.1) is 6.10 Å². The zero-order chi connectivity index (χ0) is 13.5. The topological polar surface area (TPSA) is 50.4 Å². The van der Waals surface area contributed by atoms with Gasteiger partial charge in [-0.15, -0.1) is 0 Å². The minimum absolute atomic E-state index is 0.0385. The summed E-state index contributed by atoms with van der Waals surface area (Å²) in [4.78, 5) is 11.9. The molecule has 4 nitrogen and oxygen atoms in total. The Morgan fingerprint density at radius 3 is 2.72 bits per heavy atom. The Bertz CT molecular complexity index is 405. The van der Waals surface area contributed by atoms with Crippen molar-refractivity contribution in [3.05, 3.63) is 29.3 Å². The van der Waals surface area contributed by atoms with E-state index in [0.29, 0.717) is 18.7 Å². The maximum atomic E-state index is 11.9. The van der Waals surface area contributed by atoms with Crippen LogP contribution in [0.4, 0.5) is 5.69 Å². The Kier molecular flexibility index (Phi) is 5.65. The Labute approximate surface area is 109 Å². The van der Waals surface area contributed by atoms with Gasteiger partial charge in [0.15, 0.2) is 0 Å². The van der Waals surface area contributed by atoms with Crippen LogP contribution in [0.1, 0.15) is 29.8 Å². The van der Waals surface area contributed by atoms with Crippen molar-refractivity contribution in [1.29, 1.82) is 0 Å². The molecule has 0 aliphatic carbocycles. The molecule has 0 spiro atoms. The molecule has 1 unspecified atom stereocenters. The summed E-state index contributed by atoms with van der Waals surface area (Å²) in [7, 11) is 1.87. The first-order valence-corrected chi connectivity index (χ1v) is 6.26. The number of nitrogens with one attached hydrogen (secondary N) is 2. The van der Waals surface area contributed by atoms with Gasteiger partial charge >= 0.3 is 0 Å². The maximum absolute atomic E-state index is 11.9. The molecule has 1 aromatic carbocycles. The lowest BCUT2D eigenvalue weighted by Gasteiger charge is -2.13.